The van der Waals surface area contributed by atoms with Crippen LogP contribution >= 0.6 is 11.6 Å². The molecule has 3 aromatic rings. The first kappa shape index (κ1) is 24.8. The van der Waals surface area contributed by atoms with Crippen LogP contribution in [0.15, 0.2) is 65.7 Å². The summed E-state index contributed by atoms with van der Waals surface area (Å²) < 4.78 is 72.3. The number of sulfonamides is 1. The molecule has 0 bridgehead atoms. The van der Waals surface area contributed by atoms with Crippen molar-refractivity contribution in [1.82, 2.24) is 4.98 Å². The van der Waals surface area contributed by atoms with Crippen molar-refractivity contribution in [2.75, 3.05) is 22.7 Å². The van der Waals surface area contributed by atoms with Crippen molar-refractivity contribution < 1.29 is 31.1 Å². The molecule has 0 spiro atoms. The van der Waals surface area contributed by atoms with Crippen LogP contribution in [0.25, 0.3) is 0 Å². The standard InChI is InChI=1S/C23H19ClF3N3O4S/c24-21-20(23(25,26)27)9-12-28-22(21)34-18-5-7-19(8-6-18)35(32,33)29-15-1-3-16(4-2-15)30-13-10-17(31)11-14-30/h1-9,12,29H,10-11,13-14H2. The number of Topliss-reactive ketones (excluding diaryl/α,β-unsaturated/α-hetero) is 1. The molecule has 7 nitrogen and oxygen atoms in total. The summed E-state index contributed by atoms with van der Waals surface area (Å²) in [4.78, 5) is 17.1. The van der Waals surface area contributed by atoms with Gasteiger partial charge < -0.3 is 9.64 Å². The summed E-state index contributed by atoms with van der Waals surface area (Å²) in [6.45, 7) is 1.25. The van der Waals surface area contributed by atoms with E-state index >= 15 is 0 Å². The zero-order chi connectivity index (χ0) is 25.2. The van der Waals surface area contributed by atoms with Crippen molar-refractivity contribution in [3.05, 3.63) is 71.4 Å². The predicted molar refractivity (Wildman–Crippen MR) is 124 cm³/mol. The molecule has 1 fully saturated rings. The lowest BCUT2D eigenvalue weighted by molar-refractivity contribution is -0.137. The van der Waals surface area contributed by atoms with Crippen LogP contribution in [0.2, 0.25) is 5.02 Å². The highest BCUT2D eigenvalue weighted by atomic mass is 35.5. The third-order valence-corrected chi connectivity index (χ3v) is 7.08. The average Bonchev–Trinajstić information content (AvgIpc) is 2.81. The summed E-state index contributed by atoms with van der Waals surface area (Å²) in [6, 6.07) is 12.6. The number of nitrogens with zero attached hydrogens (tertiary/aromatic N) is 2. The van der Waals surface area contributed by atoms with Gasteiger partial charge in [-0.1, -0.05) is 11.6 Å². The molecule has 0 unspecified atom stereocenters. The highest BCUT2D eigenvalue weighted by molar-refractivity contribution is 7.92. The quantitative estimate of drug-likeness (QED) is 0.456. The summed E-state index contributed by atoms with van der Waals surface area (Å²) >= 11 is 5.77. The van der Waals surface area contributed by atoms with Crippen LogP contribution in [0.4, 0.5) is 24.5 Å². The van der Waals surface area contributed by atoms with E-state index < -0.39 is 32.7 Å². The van der Waals surface area contributed by atoms with Gasteiger partial charge in [0.15, 0.2) is 0 Å². The number of alkyl halides is 3. The molecule has 0 aliphatic carbocycles. The van der Waals surface area contributed by atoms with E-state index in [1.165, 1.54) is 24.3 Å². The Morgan fingerprint density at radius 3 is 2.20 bits per heavy atom. The molecule has 12 heteroatoms. The van der Waals surface area contributed by atoms with Crippen LogP contribution in [0, 0.1) is 0 Å². The number of benzene rings is 2. The van der Waals surface area contributed by atoms with E-state index in [4.69, 9.17) is 16.3 Å². The van der Waals surface area contributed by atoms with E-state index in [0.717, 1.165) is 18.0 Å². The molecule has 0 radical (unpaired) electrons. The number of piperidine rings is 1. The molecule has 1 aromatic heterocycles. The van der Waals surface area contributed by atoms with Crippen LogP contribution in [0.3, 0.4) is 0 Å². The molecule has 35 heavy (non-hydrogen) atoms. The van der Waals surface area contributed by atoms with E-state index in [0.29, 0.717) is 31.6 Å². The third kappa shape index (κ3) is 5.85. The predicted octanol–water partition coefficient (Wildman–Crippen LogP) is 5.52. The van der Waals surface area contributed by atoms with Crippen LogP contribution in [-0.2, 0) is 21.0 Å². The number of anilines is 2. The maximum absolute atomic E-state index is 13.0. The van der Waals surface area contributed by atoms with Gasteiger partial charge in [-0.25, -0.2) is 13.4 Å². The molecule has 1 aliphatic heterocycles. The highest BCUT2D eigenvalue weighted by Crippen LogP contribution is 2.39. The summed E-state index contributed by atoms with van der Waals surface area (Å²) in [6.07, 6.45) is -2.77. The summed E-state index contributed by atoms with van der Waals surface area (Å²) in [5.41, 5.74) is 0.151. The fourth-order valence-corrected chi connectivity index (χ4v) is 4.80. The number of halogens is 4. The number of carbonyl (C=O) groups is 1. The Bertz CT molecular complexity index is 1320. The van der Waals surface area contributed by atoms with Crippen molar-refractivity contribution in [3.8, 4) is 11.6 Å². The van der Waals surface area contributed by atoms with Gasteiger partial charge in [0.05, 0.1) is 10.5 Å². The second kappa shape index (κ2) is 9.74. The van der Waals surface area contributed by atoms with Crippen LogP contribution < -0.4 is 14.4 Å². The van der Waals surface area contributed by atoms with Gasteiger partial charge in [-0.2, -0.15) is 13.2 Å². The van der Waals surface area contributed by atoms with Gasteiger partial charge in [0.1, 0.15) is 16.6 Å². The molecule has 0 atom stereocenters. The lowest BCUT2D eigenvalue weighted by Crippen LogP contribution is -2.33. The number of hydrogen-bond donors (Lipinski definition) is 1. The fourth-order valence-electron chi connectivity index (χ4n) is 3.48. The molecule has 2 heterocycles. The van der Waals surface area contributed by atoms with E-state index in [1.54, 1.807) is 24.3 Å². The minimum absolute atomic E-state index is 0.0574. The van der Waals surface area contributed by atoms with Crippen LogP contribution in [0.1, 0.15) is 18.4 Å². The van der Waals surface area contributed by atoms with Crippen molar-refractivity contribution in [3.63, 3.8) is 0 Å². The van der Waals surface area contributed by atoms with E-state index in [2.05, 4.69) is 14.6 Å². The number of rotatable bonds is 6. The maximum Gasteiger partial charge on any atom is 0.418 e. The summed E-state index contributed by atoms with van der Waals surface area (Å²) in [7, 11) is -3.94. The number of ketones is 1. The Morgan fingerprint density at radius 2 is 1.60 bits per heavy atom. The number of pyridine rings is 1. The summed E-state index contributed by atoms with van der Waals surface area (Å²) in [5.74, 6) is -0.160. The van der Waals surface area contributed by atoms with E-state index in [-0.39, 0.29) is 16.4 Å². The second-order valence-corrected chi connectivity index (χ2v) is 9.79. The van der Waals surface area contributed by atoms with Crippen molar-refractivity contribution in [1.29, 1.82) is 0 Å². The molecular formula is C23H19ClF3N3O4S. The van der Waals surface area contributed by atoms with E-state index in [9.17, 15) is 26.4 Å². The number of carbonyl (C=O) groups excluding carboxylic acids is 1. The van der Waals surface area contributed by atoms with Gasteiger partial charge >= 0.3 is 6.18 Å². The largest absolute Gasteiger partial charge is 0.438 e. The molecule has 4 rings (SSSR count). The third-order valence-electron chi connectivity index (χ3n) is 5.32. The lowest BCUT2D eigenvalue weighted by atomic mass is 10.1. The zero-order valence-corrected chi connectivity index (χ0v) is 19.6. The van der Waals surface area contributed by atoms with Crippen LogP contribution in [0.5, 0.6) is 11.6 Å². The van der Waals surface area contributed by atoms with E-state index in [1.807, 2.05) is 0 Å². The minimum atomic E-state index is -4.67. The van der Waals surface area contributed by atoms with Crippen molar-refractivity contribution in [2.45, 2.75) is 23.9 Å². The fraction of sp³-hybridized carbons (Fsp3) is 0.217. The normalized spacial score (nSPS) is 14.6. The zero-order valence-electron chi connectivity index (χ0n) is 18.0. The Kier molecular flexibility index (Phi) is 6.91. The Hall–Kier alpha value is -3.31. The first-order valence-corrected chi connectivity index (χ1v) is 12.3. The Balaban J connectivity index is 1.44. The van der Waals surface area contributed by atoms with Gasteiger partial charge in [0, 0.05) is 43.5 Å². The van der Waals surface area contributed by atoms with Gasteiger partial charge in [-0.05, 0) is 54.6 Å². The topological polar surface area (TPSA) is 88.6 Å². The smallest absolute Gasteiger partial charge is 0.418 e. The molecule has 1 aliphatic rings. The van der Waals surface area contributed by atoms with Gasteiger partial charge in [-0.15, -0.1) is 0 Å². The first-order valence-electron chi connectivity index (χ1n) is 10.4. The van der Waals surface area contributed by atoms with Crippen molar-refractivity contribution >= 4 is 38.8 Å². The molecule has 0 amide bonds. The number of hydrogen-bond acceptors (Lipinski definition) is 6. The molecule has 2 aromatic carbocycles. The maximum atomic E-state index is 13.0. The number of nitrogens with one attached hydrogen (secondary N) is 1. The molecule has 184 valence electrons. The molecular weight excluding hydrogens is 507 g/mol. The summed E-state index contributed by atoms with van der Waals surface area (Å²) in [5, 5.41) is -0.696. The molecule has 0 saturated carbocycles. The van der Waals surface area contributed by atoms with Crippen molar-refractivity contribution in [2.24, 2.45) is 0 Å². The van der Waals surface area contributed by atoms with Gasteiger partial charge in [0.25, 0.3) is 10.0 Å². The van der Waals surface area contributed by atoms with Gasteiger partial charge in [0.2, 0.25) is 5.88 Å². The SMILES string of the molecule is O=C1CCN(c2ccc(NS(=O)(=O)c3ccc(Oc4nccc(C(F)(F)F)c4Cl)cc3)cc2)CC1. The Labute approximate surface area is 204 Å². The number of aromatic nitrogens is 1. The molecule has 1 saturated heterocycles. The Morgan fingerprint density at radius 1 is 0.971 bits per heavy atom. The minimum Gasteiger partial charge on any atom is -0.438 e. The van der Waals surface area contributed by atoms with Crippen LogP contribution in [-0.4, -0.2) is 32.3 Å². The highest BCUT2D eigenvalue weighted by Gasteiger charge is 2.35. The molecule has 1 N–H and O–H groups in total. The first-order chi connectivity index (χ1) is 16.5. The average molecular weight is 526 g/mol. The number of ether oxygens (including phenoxy) is 1. The van der Waals surface area contributed by atoms with Gasteiger partial charge in [-0.3, -0.25) is 9.52 Å². The lowest BCUT2D eigenvalue weighted by Gasteiger charge is -2.28. The monoisotopic (exact) mass is 525 g/mol. The second-order valence-electron chi connectivity index (χ2n) is 7.73.